The number of carbonyl (C=O) groups excluding carboxylic acids is 1. The topological polar surface area (TPSA) is 71.5 Å². The van der Waals surface area contributed by atoms with Crippen LogP contribution < -0.4 is 4.90 Å². The van der Waals surface area contributed by atoms with Gasteiger partial charge in [0.25, 0.3) is 0 Å². The van der Waals surface area contributed by atoms with Gasteiger partial charge in [-0.15, -0.1) is 0 Å². The molecule has 0 aromatic carbocycles. The molecule has 4 rings (SSSR count). The molecule has 2 aromatic rings. The number of ether oxygens (including phenoxy) is 1. The first-order chi connectivity index (χ1) is 15.6. The summed E-state index contributed by atoms with van der Waals surface area (Å²) >= 11 is 7.64. The van der Waals surface area contributed by atoms with Gasteiger partial charge in [-0.05, 0) is 45.3 Å². The Morgan fingerprint density at radius 2 is 1.97 bits per heavy atom. The third-order valence-electron chi connectivity index (χ3n) is 6.21. The first-order valence-electron chi connectivity index (χ1n) is 11.5. The molecule has 0 aliphatic carbocycles. The number of hydrogen-bond donors (Lipinski definition) is 0. The number of aromatic nitrogens is 3. The van der Waals surface area contributed by atoms with Gasteiger partial charge >= 0.3 is 6.09 Å². The van der Waals surface area contributed by atoms with Gasteiger partial charge in [-0.3, -0.25) is 0 Å². The highest BCUT2D eigenvalue weighted by Gasteiger charge is 2.45. The minimum atomic E-state index is -0.609. The maximum Gasteiger partial charge on any atom is 0.410 e. The molecule has 0 N–H and O–H groups in total. The maximum absolute atomic E-state index is 15.1. The van der Waals surface area contributed by atoms with Gasteiger partial charge in [-0.2, -0.15) is 0 Å². The molecule has 10 heteroatoms. The minimum absolute atomic E-state index is 0.0233. The summed E-state index contributed by atoms with van der Waals surface area (Å²) in [5.74, 6) is 0.962. The van der Waals surface area contributed by atoms with Gasteiger partial charge in [0, 0.05) is 13.1 Å². The van der Waals surface area contributed by atoms with E-state index in [1.165, 1.54) is 11.8 Å². The summed E-state index contributed by atoms with van der Waals surface area (Å²) in [6, 6.07) is -0.101. The molecular formula is C23H31ClFN5O2S. The molecule has 1 saturated heterocycles. The van der Waals surface area contributed by atoms with E-state index in [0.29, 0.717) is 41.6 Å². The van der Waals surface area contributed by atoms with Crippen molar-refractivity contribution in [1.82, 2.24) is 19.9 Å². The average molecular weight is 496 g/mol. The number of carbonyl (C=O) groups is 1. The Morgan fingerprint density at radius 3 is 2.61 bits per heavy atom. The van der Waals surface area contributed by atoms with E-state index in [2.05, 4.69) is 28.7 Å². The second-order valence-electron chi connectivity index (χ2n) is 9.66. The van der Waals surface area contributed by atoms with Crippen molar-refractivity contribution in [3.05, 3.63) is 16.7 Å². The lowest BCUT2D eigenvalue weighted by molar-refractivity contribution is 0.00542. The number of anilines is 1. The van der Waals surface area contributed by atoms with Gasteiger partial charge < -0.3 is 14.5 Å². The van der Waals surface area contributed by atoms with Gasteiger partial charge in [0.05, 0.1) is 23.2 Å². The highest BCUT2D eigenvalue weighted by molar-refractivity contribution is 7.99. The SMILES string of the molecule is CCSc1nc2c3c(nc(Cl)c(F)c3n1)C[C@@H](C)[C@H]1[C@H](CC)N(C(=O)OC(C)(C)C)CCN21. The van der Waals surface area contributed by atoms with Crippen molar-refractivity contribution in [2.24, 2.45) is 5.92 Å². The molecule has 0 saturated carbocycles. The molecule has 2 aliphatic rings. The van der Waals surface area contributed by atoms with E-state index < -0.39 is 11.4 Å². The molecule has 1 amide bonds. The Hall–Kier alpha value is -1.87. The number of hydrogen-bond acceptors (Lipinski definition) is 7. The number of thioether (sulfide) groups is 1. The normalized spacial score (nSPS) is 22.8. The fraction of sp³-hybridized carbons (Fsp3) is 0.652. The lowest BCUT2D eigenvalue weighted by Gasteiger charge is -2.49. The molecule has 3 atom stereocenters. The Bertz CT molecular complexity index is 1080. The van der Waals surface area contributed by atoms with Crippen molar-refractivity contribution in [2.75, 3.05) is 23.7 Å². The molecule has 2 aliphatic heterocycles. The third kappa shape index (κ3) is 4.46. The highest BCUT2D eigenvalue weighted by Crippen LogP contribution is 2.41. The van der Waals surface area contributed by atoms with Gasteiger partial charge in [0.2, 0.25) is 0 Å². The van der Waals surface area contributed by atoms with Gasteiger partial charge in [-0.1, -0.05) is 44.1 Å². The Morgan fingerprint density at radius 1 is 1.24 bits per heavy atom. The van der Waals surface area contributed by atoms with Crippen molar-refractivity contribution in [3.63, 3.8) is 0 Å². The van der Waals surface area contributed by atoms with Crippen LogP contribution in [0, 0.1) is 11.7 Å². The van der Waals surface area contributed by atoms with Crippen LogP contribution in [0.3, 0.4) is 0 Å². The number of amides is 1. The summed E-state index contributed by atoms with van der Waals surface area (Å²) in [6.07, 6.45) is 1.05. The fourth-order valence-corrected chi connectivity index (χ4v) is 5.77. The van der Waals surface area contributed by atoms with Gasteiger partial charge in [-0.25, -0.2) is 24.1 Å². The smallest absolute Gasteiger partial charge is 0.410 e. The van der Waals surface area contributed by atoms with Crippen LogP contribution in [-0.4, -0.2) is 62.5 Å². The van der Waals surface area contributed by atoms with E-state index in [-0.39, 0.29) is 34.8 Å². The molecule has 0 spiro atoms. The number of pyridine rings is 1. The van der Waals surface area contributed by atoms with E-state index >= 15 is 4.39 Å². The van der Waals surface area contributed by atoms with Crippen LogP contribution in [0.15, 0.2) is 5.16 Å². The molecule has 1 fully saturated rings. The van der Waals surface area contributed by atoms with Gasteiger partial charge in [0.1, 0.15) is 16.9 Å². The van der Waals surface area contributed by atoms with Crippen LogP contribution in [0.2, 0.25) is 5.15 Å². The third-order valence-corrected chi connectivity index (χ3v) is 7.19. The summed E-state index contributed by atoms with van der Waals surface area (Å²) in [4.78, 5) is 30.9. The van der Waals surface area contributed by atoms with E-state index in [1.54, 1.807) is 0 Å². The van der Waals surface area contributed by atoms with Crippen LogP contribution in [0.5, 0.6) is 0 Å². The van der Waals surface area contributed by atoms with Crippen molar-refractivity contribution < 1.29 is 13.9 Å². The number of fused-ring (bicyclic) bond motifs is 2. The van der Waals surface area contributed by atoms with Crippen molar-refractivity contribution in [2.45, 2.75) is 77.2 Å². The van der Waals surface area contributed by atoms with Gasteiger partial charge in [0.15, 0.2) is 16.1 Å². The quantitative estimate of drug-likeness (QED) is 0.324. The fourth-order valence-electron chi connectivity index (χ4n) is 5.01. The Kier molecular flexibility index (Phi) is 6.66. The molecule has 4 heterocycles. The minimum Gasteiger partial charge on any atom is -0.444 e. The van der Waals surface area contributed by atoms with E-state index in [0.717, 1.165) is 12.2 Å². The summed E-state index contributed by atoms with van der Waals surface area (Å²) in [5.41, 5.74) is 0.364. The van der Waals surface area contributed by atoms with E-state index in [9.17, 15) is 4.79 Å². The predicted octanol–water partition coefficient (Wildman–Crippen LogP) is 5.33. The molecule has 2 aromatic heterocycles. The summed E-state index contributed by atoms with van der Waals surface area (Å²) in [6.45, 7) is 12.9. The lowest BCUT2D eigenvalue weighted by Crippen LogP contribution is -2.63. The highest BCUT2D eigenvalue weighted by atomic mass is 35.5. The first kappa shape index (κ1) is 24.3. The number of halogens is 2. The first-order valence-corrected chi connectivity index (χ1v) is 12.9. The largest absolute Gasteiger partial charge is 0.444 e. The summed E-state index contributed by atoms with van der Waals surface area (Å²) in [7, 11) is 0. The molecule has 7 nitrogen and oxygen atoms in total. The Labute approximate surface area is 203 Å². The van der Waals surface area contributed by atoms with Crippen molar-refractivity contribution in [1.29, 1.82) is 0 Å². The van der Waals surface area contributed by atoms with Crippen LogP contribution in [0.25, 0.3) is 10.9 Å². The standard InChI is InChI=1S/C23H31ClFN5O2S/c1-7-14-18-12(3)11-13-15-17(16(25)19(24)26-13)27-21(33-8-2)28-20(15)30(18)10-9-29(14)22(31)32-23(4,5)6/h12,14,18H,7-11H2,1-6H3/t12-,14+,18+/m1/s1. The summed E-state index contributed by atoms with van der Waals surface area (Å²) in [5, 5.41) is 0.986. The molecule has 0 bridgehead atoms. The molecule has 0 unspecified atom stereocenters. The zero-order valence-electron chi connectivity index (χ0n) is 20.0. The van der Waals surface area contributed by atoms with E-state index in [4.69, 9.17) is 21.3 Å². The Balaban J connectivity index is 1.84. The zero-order valence-corrected chi connectivity index (χ0v) is 21.6. The van der Waals surface area contributed by atoms with Crippen LogP contribution in [0.4, 0.5) is 15.0 Å². The number of rotatable bonds is 3. The predicted molar refractivity (Wildman–Crippen MR) is 130 cm³/mol. The maximum atomic E-state index is 15.1. The van der Waals surface area contributed by atoms with Crippen LogP contribution >= 0.6 is 23.4 Å². The molecular weight excluding hydrogens is 465 g/mol. The van der Waals surface area contributed by atoms with E-state index in [1.807, 2.05) is 32.6 Å². The molecule has 33 heavy (non-hydrogen) atoms. The average Bonchev–Trinajstić information content (AvgIpc) is 2.85. The monoisotopic (exact) mass is 495 g/mol. The molecule has 180 valence electrons. The van der Waals surface area contributed by atoms with Crippen molar-refractivity contribution in [3.8, 4) is 0 Å². The van der Waals surface area contributed by atoms with Crippen LogP contribution in [-0.2, 0) is 11.2 Å². The van der Waals surface area contributed by atoms with Crippen LogP contribution in [0.1, 0.15) is 53.7 Å². The number of nitrogens with zero attached hydrogens (tertiary/aromatic N) is 5. The lowest BCUT2D eigenvalue weighted by atomic mass is 9.87. The second-order valence-corrected chi connectivity index (χ2v) is 11.3. The molecule has 0 radical (unpaired) electrons. The number of piperazine rings is 1. The van der Waals surface area contributed by atoms with Crippen molar-refractivity contribution >= 4 is 46.2 Å². The summed E-state index contributed by atoms with van der Waals surface area (Å²) < 4.78 is 20.8. The zero-order chi connectivity index (χ0) is 24.1. The second kappa shape index (κ2) is 9.06.